The largest absolute Gasteiger partial charge is 0.341 e. The number of hydrogen-bond acceptors (Lipinski definition) is 2. The van der Waals surface area contributed by atoms with E-state index in [-0.39, 0.29) is 0 Å². The summed E-state index contributed by atoms with van der Waals surface area (Å²) < 4.78 is 0. The van der Waals surface area contributed by atoms with E-state index in [4.69, 9.17) is 0 Å². The van der Waals surface area contributed by atoms with Crippen LogP contribution in [0.2, 0.25) is 0 Å². The summed E-state index contributed by atoms with van der Waals surface area (Å²) in [4.78, 5) is 7.88. The van der Waals surface area contributed by atoms with E-state index in [0.29, 0.717) is 0 Å². The summed E-state index contributed by atoms with van der Waals surface area (Å²) in [6.07, 6.45) is 1.94. The number of rotatable bonds is 4. The lowest BCUT2D eigenvalue weighted by molar-refractivity contribution is 1.12. The number of aromatic nitrogens is 2. The van der Waals surface area contributed by atoms with E-state index in [1.54, 1.807) is 0 Å². The van der Waals surface area contributed by atoms with Gasteiger partial charge in [-0.1, -0.05) is 49.4 Å². The highest BCUT2D eigenvalue weighted by Crippen LogP contribution is 2.27. The van der Waals surface area contributed by atoms with Gasteiger partial charge in [-0.05, 0) is 16.5 Å². The minimum Gasteiger partial charge on any atom is -0.341 e. The van der Waals surface area contributed by atoms with Gasteiger partial charge in [0, 0.05) is 5.56 Å². The molecule has 1 N–H and O–H groups in total. The van der Waals surface area contributed by atoms with Gasteiger partial charge in [0.2, 0.25) is 0 Å². The average molecular weight is 268 g/mol. The number of aromatic amines is 1. The normalized spacial score (nSPS) is 11.0. The molecule has 96 valence electrons. The van der Waals surface area contributed by atoms with E-state index in [2.05, 4.69) is 59.4 Å². The molecule has 0 radical (unpaired) electrons. The highest BCUT2D eigenvalue weighted by molar-refractivity contribution is 7.98. The predicted octanol–water partition coefficient (Wildman–Crippen LogP) is 4.48. The van der Waals surface area contributed by atoms with Crippen LogP contribution in [0.4, 0.5) is 0 Å². The summed E-state index contributed by atoms with van der Waals surface area (Å²) in [5.74, 6) is 3.11. The van der Waals surface area contributed by atoms with Crippen molar-refractivity contribution >= 4 is 22.5 Å². The van der Waals surface area contributed by atoms with Crippen LogP contribution in [0.1, 0.15) is 12.7 Å². The molecule has 1 heterocycles. The number of H-pyrrole nitrogens is 1. The van der Waals surface area contributed by atoms with Crippen LogP contribution in [0.5, 0.6) is 0 Å². The maximum atomic E-state index is 4.46. The van der Waals surface area contributed by atoms with Crippen molar-refractivity contribution in [1.82, 2.24) is 9.97 Å². The second kappa shape index (κ2) is 5.49. The molecule has 19 heavy (non-hydrogen) atoms. The first-order valence-electron chi connectivity index (χ1n) is 6.48. The number of hydrogen-bond donors (Lipinski definition) is 1. The van der Waals surface area contributed by atoms with E-state index in [0.717, 1.165) is 23.0 Å². The zero-order chi connectivity index (χ0) is 13.1. The first-order chi connectivity index (χ1) is 9.38. The van der Waals surface area contributed by atoms with Gasteiger partial charge >= 0.3 is 0 Å². The number of fused-ring (bicyclic) bond motifs is 1. The van der Waals surface area contributed by atoms with Crippen molar-refractivity contribution in [2.45, 2.75) is 12.7 Å². The third kappa shape index (κ3) is 2.51. The summed E-state index contributed by atoms with van der Waals surface area (Å²) in [7, 11) is 0. The lowest BCUT2D eigenvalue weighted by Crippen LogP contribution is -1.85. The molecule has 3 rings (SSSR count). The van der Waals surface area contributed by atoms with Crippen LogP contribution in [0.3, 0.4) is 0 Å². The van der Waals surface area contributed by atoms with Gasteiger partial charge in [0.25, 0.3) is 0 Å². The zero-order valence-corrected chi connectivity index (χ0v) is 11.7. The Hall–Kier alpha value is -1.74. The smallest absolute Gasteiger partial charge is 0.116 e. The summed E-state index contributed by atoms with van der Waals surface area (Å²) >= 11 is 1.88. The number of nitrogens with one attached hydrogen (secondary N) is 1. The molecule has 2 nitrogen and oxygen atoms in total. The Morgan fingerprint density at radius 2 is 1.95 bits per heavy atom. The van der Waals surface area contributed by atoms with Crippen LogP contribution < -0.4 is 0 Å². The fourth-order valence-corrected chi connectivity index (χ4v) is 2.78. The summed E-state index contributed by atoms with van der Waals surface area (Å²) in [5.41, 5.74) is 2.32. The molecule has 0 aliphatic carbocycles. The number of benzene rings is 2. The third-order valence-electron chi connectivity index (χ3n) is 3.15. The monoisotopic (exact) mass is 268 g/mol. The quantitative estimate of drug-likeness (QED) is 0.755. The first kappa shape index (κ1) is 12.3. The summed E-state index contributed by atoms with van der Waals surface area (Å²) in [5, 5.41) is 2.53. The van der Waals surface area contributed by atoms with Gasteiger partial charge in [0.1, 0.15) is 5.82 Å². The number of thioether (sulfide) groups is 1. The molecule has 0 amide bonds. The first-order valence-corrected chi connectivity index (χ1v) is 7.63. The maximum Gasteiger partial charge on any atom is 0.116 e. The molecule has 0 unspecified atom stereocenters. The molecule has 0 aliphatic rings. The minimum atomic E-state index is 0.946. The van der Waals surface area contributed by atoms with Crippen molar-refractivity contribution in [3.05, 3.63) is 54.5 Å². The van der Waals surface area contributed by atoms with Gasteiger partial charge in [0.15, 0.2) is 0 Å². The molecular formula is C16H16N2S. The Labute approximate surface area is 117 Å². The molecule has 0 aliphatic heterocycles. The number of imidazole rings is 1. The Morgan fingerprint density at radius 3 is 2.84 bits per heavy atom. The van der Waals surface area contributed by atoms with Crippen molar-refractivity contribution in [2.75, 3.05) is 5.75 Å². The summed E-state index contributed by atoms with van der Waals surface area (Å²) in [6, 6.07) is 14.8. The molecule has 0 atom stereocenters. The highest BCUT2D eigenvalue weighted by atomic mass is 32.2. The van der Waals surface area contributed by atoms with Crippen LogP contribution in [0.15, 0.2) is 48.7 Å². The molecule has 0 saturated heterocycles. The Balaban J connectivity index is 2.02. The van der Waals surface area contributed by atoms with Crippen LogP contribution >= 0.6 is 11.8 Å². The second-order valence-corrected chi connectivity index (χ2v) is 5.68. The topological polar surface area (TPSA) is 28.7 Å². The van der Waals surface area contributed by atoms with E-state index in [9.17, 15) is 0 Å². The predicted molar refractivity (Wildman–Crippen MR) is 83.4 cm³/mol. The lowest BCUT2D eigenvalue weighted by atomic mass is 10.0. The maximum absolute atomic E-state index is 4.46. The van der Waals surface area contributed by atoms with Gasteiger partial charge in [-0.2, -0.15) is 11.8 Å². The van der Waals surface area contributed by atoms with Crippen LogP contribution in [-0.4, -0.2) is 15.7 Å². The minimum absolute atomic E-state index is 0.946. The Morgan fingerprint density at radius 1 is 1.11 bits per heavy atom. The van der Waals surface area contributed by atoms with Crippen molar-refractivity contribution in [1.29, 1.82) is 0 Å². The van der Waals surface area contributed by atoms with Gasteiger partial charge < -0.3 is 4.98 Å². The lowest BCUT2D eigenvalue weighted by Gasteiger charge is -2.04. The average Bonchev–Trinajstić information content (AvgIpc) is 2.93. The molecule has 0 spiro atoms. The van der Waals surface area contributed by atoms with E-state index < -0.39 is 0 Å². The molecule has 3 aromatic rings. The standard InChI is InChI=1S/C16H16N2S/c1-2-19-11-16-17-10-15(18-16)14-9-5-7-12-6-3-4-8-13(12)14/h3-10H,2,11H2,1H3,(H,17,18). The van der Waals surface area contributed by atoms with Crippen LogP contribution in [0.25, 0.3) is 22.0 Å². The Kier molecular flexibility index (Phi) is 3.56. The molecule has 0 bridgehead atoms. The summed E-state index contributed by atoms with van der Waals surface area (Å²) in [6.45, 7) is 2.17. The SMILES string of the molecule is CCSCc1ncc(-c2cccc3ccccc23)[nH]1. The molecule has 0 fully saturated rings. The fourth-order valence-electron chi connectivity index (χ4n) is 2.23. The molecule has 1 aromatic heterocycles. The van der Waals surface area contributed by atoms with Gasteiger partial charge in [0.05, 0.1) is 17.6 Å². The van der Waals surface area contributed by atoms with Gasteiger partial charge in [-0.3, -0.25) is 0 Å². The van der Waals surface area contributed by atoms with Crippen molar-refractivity contribution in [3.63, 3.8) is 0 Å². The molecule has 0 saturated carbocycles. The fraction of sp³-hybridized carbons (Fsp3) is 0.188. The third-order valence-corrected chi connectivity index (χ3v) is 4.04. The second-order valence-electron chi connectivity index (χ2n) is 4.41. The molecule has 3 heteroatoms. The molecule has 2 aromatic carbocycles. The van der Waals surface area contributed by atoms with Gasteiger partial charge in [-0.25, -0.2) is 4.98 Å². The zero-order valence-electron chi connectivity index (χ0n) is 10.9. The number of nitrogens with zero attached hydrogens (tertiary/aromatic N) is 1. The van der Waals surface area contributed by atoms with E-state index in [1.807, 2.05) is 18.0 Å². The van der Waals surface area contributed by atoms with Crippen LogP contribution in [0, 0.1) is 0 Å². The van der Waals surface area contributed by atoms with Crippen molar-refractivity contribution in [2.24, 2.45) is 0 Å². The van der Waals surface area contributed by atoms with Crippen molar-refractivity contribution in [3.8, 4) is 11.3 Å². The van der Waals surface area contributed by atoms with Gasteiger partial charge in [-0.15, -0.1) is 0 Å². The van der Waals surface area contributed by atoms with E-state index >= 15 is 0 Å². The van der Waals surface area contributed by atoms with Crippen LogP contribution in [-0.2, 0) is 5.75 Å². The molecular weight excluding hydrogens is 252 g/mol. The Bertz CT molecular complexity index is 683. The highest BCUT2D eigenvalue weighted by Gasteiger charge is 2.06. The van der Waals surface area contributed by atoms with E-state index in [1.165, 1.54) is 16.3 Å². The van der Waals surface area contributed by atoms with Crippen molar-refractivity contribution < 1.29 is 0 Å².